The first-order chi connectivity index (χ1) is 8.97. The Bertz CT molecular complexity index is 599. The highest BCUT2D eigenvalue weighted by molar-refractivity contribution is 9.10. The van der Waals surface area contributed by atoms with Crippen molar-refractivity contribution in [3.8, 4) is 0 Å². The molecule has 2 nitrogen and oxygen atoms in total. The van der Waals surface area contributed by atoms with Crippen LogP contribution in [0.4, 0.5) is 11.4 Å². The summed E-state index contributed by atoms with van der Waals surface area (Å²) >= 11 is 9.43. The highest BCUT2D eigenvalue weighted by Crippen LogP contribution is 2.27. The molecule has 0 aromatic heterocycles. The van der Waals surface area contributed by atoms with Crippen molar-refractivity contribution in [3.63, 3.8) is 0 Å². The predicted molar refractivity (Wildman–Crippen MR) is 86.9 cm³/mol. The minimum Gasteiger partial charge on any atom is -0.397 e. The Balaban J connectivity index is 2.25. The molecule has 4 heteroatoms. The van der Waals surface area contributed by atoms with Crippen LogP contribution in [0.3, 0.4) is 0 Å². The quantitative estimate of drug-likeness (QED) is 0.826. The second kappa shape index (κ2) is 5.85. The van der Waals surface area contributed by atoms with E-state index in [1.807, 2.05) is 19.2 Å². The summed E-state index contributed by atoms with van der Waals surface area (Å²) in [6.07, 6.45) is 0. The van der Waals surface area contributed by atoms with Gasteiger partial charge in [0.25, 0.3) is 0 Å². The van der Waals surface area contributed by atoms with Crippen molar-refractivity contribution in [2.24, 2.45) is 0 Å². The molecule has 2 aromatic rings. The fraction of sp³-hybridized carbons (Fsp3) is 0.200. The normalized spacial score (nSPS) is 10.5. The molecule has 100 valence electrons. The molecule has 0 saturated heterocycles. The van der Waals surface area contributed by atoms with Gasteiger partial charge in [0.2, 0.25) is 0 Å². The molecular weight excluding hydrogens is 324 g/mol. The topological polar surface area (TPSA) is 29.3 Å². The van der Waals surface area contributed by atoms with Gasteiger partial charge in [0.1, 0.15) is 0 Å². The van der Waals surface area contributed by atoms with Crippen LogP contribution in [-0.4, -0.2) is 7.05 Å². The fourth-order valence-electron chi connectivity index (χ4n) is 2.02. The SMILES string of the molecule is Cc1ccc(Br)cc1CN(C)c1ccc(Cl)cc1N. The van der Waals surface area contributed by atoms with E-state index in [0.29, 0.717) is 10.7 Å². The number of halogens is 2. The number of hydrogen-bond acceptors (Lipinski definition) is 2. The Morgan fingerprint density at radius 3 is 2.63 bits per heavy atom. The summed E-state index contributed by atoms with van der Waals surface area (Å²) in [5.74, 6) is 0. The molecule has 0 fully saturated rings. The first-order valence-electron chi connectivity index (χ1n) is 5.98. The van der Waals surface area contributed by atoms with Gasteiger partial charge in [-0.05, 0) is 48.4 Å². The average Bonchev–Trinajstić information content (AvgIpc) is 2.33. The molecule has 2 aromatic carbocycles. The number of benzene rings is 2. The van der Waals surface area contributed by atoms with Crippen LogP contribution in [0.15, 0.2) is 40.9 Å². The van der Waals surface area contributed by atoms with Crippen LogP contribution in [0.2, 0.25) is 5.02 Å². The van der Waals surface area contributed by atoms with Crippen molar-refractivity contribution in [2.45, 2.75) is 13.5 Å². The lowest BCUT2D eigenvalue weighted by Crippen LogP contribution is -2.18. The van der Waals surface area contributed by atoms with Crippen LogP contribution >= 0.6 is 27.5 Å². The summed E-state index contributed by atoms with van der Waals surface area (Å²) in [6, 6.07) is 11.9. The predicted octanol–water partition coefficient (Wildman–Crippen LogP) is 4.63. The van der Waals surface area contributed by atoms with Gasteiger partial charge in [-0.1, -0.05) is 33.6 Å². The zero-order valence-electron chi connectivity index (χ0n) is 11.0. The van der Waals surface area contributed by atoms with Gasteiger partial charge >= 0.3 is 0 Å². The molecule has 0 aliphatic heterocycles. The summed E-state index contributed by atoms with van der Waals surface area (Å²) in [5, 5.41) is 0.660. The minimum absolute atomic E-state index is 0.660. The largest absolute Gasteiger partial charge is 0.397 e. The molecule has 0 saturated carbocycles. The molecule has 19 heavy (non-hydrogen) atoms. The first kappa shape index (κ1) is 14.2. The van der Waals surface area contributed by atoms with Crippen LogP contribution in [0.1, 0.15) is 11.1 Å². The molecule has 0 unspecified atom stereocenters. The number of anilines is 2. The number of aryl methyl sites for hydroxylation is 1. The van der Waals surface area contributed by atoms with Crippen LogP contribution in [0.25, 0.3) is 0 Å². The molecule has 0 heterocycles. The van der Waals surface area contributed by atoms with Gasteiger partial charge in [-0.15, -0.1) is 0 Å². The van der Waals surface area contributed by atoms with Gasteiger partial charge in [0.05, 0.1) is 11.4 Å². The number of nitrogens with two attached hydrogens (primary N) is 1. The maximum atomic E-state index is 6.01. The Morgan fingerprint density at radius 1 is 1.21 bits per heavy atom. The van der Waals surface area contributed by atoms with Crippen molar-refractivity contribution in [1.29, 1.82) is 0 Å². The molecule has 0 bridgehead atoms. The third-order valence-corrected chi connectivity index (χ3v) is 3.85. The fourth-order valence-corrected chi connectivity index (χ4v) is 2.61. The number of nitrogen functional groups attached to an aromatic ring is 1. The van der Waals surface area contributed by atoms with Crippen molar-refractivity contribution < 1.29 is 0 Å². The number of nitrogens with zero attached hydrogens (tertiary/aromatic N) is 1. The Morgan fingerprint density at radius 2 is 1.95 bits per heavy atom. The zero-order valence-corrected chi connectivity index (χ0v) is 13.3. The highest BCUT2D eigenvalue weighted by atomic mass is 79.9. The first-order valence-corrected chi connectivity index (χ1v) is 7.15. The van der Waals surface area contributed by atoms with Crippen molar-refractivity contribution >= 4 is 38.9 Å². The van der Waals surface area contributed by atoms with E-state index in [0.717, 1.165) is 16.7 Å². The second-order valence-electron chi connectivity index (χ2n) is 4.63. The lowest BCUT2D eigenvalue weighted by Gasteiger charge is -2.22. The van der Waals surface area contributed by atoms with E-state index in [-0.39, 0.29) is 0 Å². The molecule has 2 rings (SSSR count). The molecule has 0 atom stereocenters. The van der Waals surface area contributed by atoms with Crippen LogP contribution in [0.5, 0.6) is 0 Å². The van der Waals surface area contributed by atoms with Gasteiger partial charge < -0.3 is 10.6 Å². The van der Waals surface area contributed by atoms with E-state index in [1.54, 1.807) is 6.07 Å². The third-order valence-electron chi connectivity index (χ3n) is 3.12. The third kappa shape index (κ3) is 3.43. The molecule has 0 radical (unpaired) electrons. The van der Waals surface area contributed by atoms with Crippen LogP contribution < -0.4 is 10.6 Å². The summed E-state index contributed by atoms with van der Waals surface area (Å²) < 4.78 is 1.09. The molecule has 0 aliphatic rings. The van der Waals surface area contributed by atoms with Crippen molar-refractivity contribution in [3.05, 3.63) is 57.0 Å². The maximum Gasteiger partial charge on any atom is 0.0601 e. The second-order valence-corrected chi connectivity index (χ2v) is 5.98. The van der Waals surface area contributed by atoms with E-state index < -0.39 is 0 Å². The van der Waals surface area contributed by atoms with Crippen LogP contribution in [-0.2, 0) is 6.54 Å². The Labute approximate surface area is 127 Å². The number of hydrogen-bond donors (Lipinski definition) is 1. The Kier molecular flexibility index (Phi) is 4.38. The molecule has 0 spiro atoms. The van der Waals surface area contributed by atoms with Gasteiger partial charge in [0.15, 0.2) is 0 Å². The lowest BCUT2D eigenvalue weighted by atomic mass is 10.1. The van der Waals surface area contributed by atoms with E-state index in [2.05, 4.69) is 46.0 Å². The summed E-state index contributed by atoms with van der Waals surface area (Å²) in [4.78, 5) is 2.13. The van der Waals surface area contributed by atoms with Crippen molar-refractivity contribution in [2.75, 3.05) is 17.7 Å². The van der Waals surface area contributed by atoms with Gasteiger partial charge in [-0.2, -0.15) is 0 Å². The summed E-state index contributed by atoms with van der Waals surface area (Å²) in [7, 11) is 2.03. The van der Waals surface area contributed by atoms with Gasteiger partial charge in [-0.3, -0.25) is 0 Å². The standard InChI is InChI=1S/C15H16BrClN2/c1-10-3-4-12(16)7-11(10)9-19(2)15-6-5-13(17)8-14(15)18/h3-8H,9,18H2,1-2H3. The molecule has 0 amide bonds. The minimum atomic E-state index is 0.660. The lowest BCUT2D eigenvalue weighted by molar-refractivity contribution is 0.915. The van der Waals surface area contributed by atoms with E-state index >= 15 is 0 Å². The highest BCUT2D eigenvalue weighted by Gasteiger charge is 2.08. The zero-order chi connectivity index (χ0) is 14.0. The average molecular weight is 340 g/mol. The van der Waals surface area contributed by atoms with Gasteiger partial charge in [0, 0.05) is 23.1 Å². The van der Waals surface area contributed by atoms with Crippen LogP contribution in [0, 0.1) is 6.92 Å². The monoisotopic (exact) mass is 338 g/mol. The van der Waals surface area contributed by atoms with Crippen molar-refractivity contribution in [1.82, 2.24) is 0 Å². The molecular formula is C15H16BrClN2. The van der Waals surface area contributed by atoms with E-state index in [9.17, 15) is 0 Å². The summed E-state index contributed by atoms with van der Waals surface area (Å²) in [5.41, 5.74) is 10.2. The molecule has 2 N–H and O–H groups in total. The smallest absolute Gasteiger partial charge is 0.0601 e. The van der Waals surface area contributed by atoms with E-state index in [4.69, 9.17) is 17.3 Å². The van der Waals surface area contributed by atoms with E-state index in [1.165, 1.54) is 11.1 Å². The number of rotatable bonds is 3. The maximum absolute atomic E-state index is 6.01. The summed E-state index contributed by atoms with van der Waals surface area (Å²) in [6.45, 7) is 2.91. The van der Waals surface area contributed by atoms with Gasteiger partial charge in [-0.25, -0.2) is 0 Å². The Hall–Kier alpha value is -1.19. The molecule has 0 aliphatic carbocycles.